The number of para-hydroxylation sites is 1. The van der Waals surface area contributed by atoms with Gasteiger partial charge in [-0.15, -0.1) is 0 Å². The highest BCUT2D eigenvalue weighted by atomic mass is 19.1. The fourth-order valence-corrected chi connectivity index (χ4v) is 4.00. The van der Waals surface area contributed by atoms with E-state index >= 15 is 0 Å². The van der Waals surface area contributed by atoms with Crippen LogP contribution in [0.25, 0.3) is 10.9 Å². The van der Waals surface area contributed by atoms with Crippen LogP contribution in [0.1, 0.15) is 32.1 Å². The summed E-state index contributed by atoms with van der Waals surface area (Å²) in [4.78, 5) is 25.3. The molecule has 1 amide bonds. The molecular weight excluding hydrogens is 319 g/mol. The topological polar surface area (TPSA) is 49.3 Å². The molecule has 3 heterocycles. The largest absolute Gasteiger partial charge is 0.356 e. The minimum absolute atomic E-state index is 0.110. The number of piperidine rings is 2. The predicted octanol–water partition coefficient (Wildman–Crippen LogP) is 3.00. The summed E-state index contributed by atoms with van der Waals surface area (Å²) >= 11 is 0. The molecule has 25 heavy (non-hydrogen) atoms. The molecule has 0 radical (unpaired) electrons. The van der Waals surface area contributed by atoms with Gasteiger partial charge in [0.1, 0.15) is 23.5 Å². The van der Waals surface area contributed by atoms with Crippen LogP contribution in [0.4, 0.5) is 10.2 Å². The van der Waals surface area contributed by atoms with E-state index < -0.39 is 0 Å². The summed E-state index contributed by atoms with van der Waals surface area (Å²) in [5, 5.41) is 0.739. The lowest BCUT2D eigenvalue weighted by atomic mass is 9.94. The molecule has 5 nitrogen and oxygen atoms in total. The minimum atomic E-state index is -0.323. The van der Waals surface area contributed by atoms with Crippen molar-refractivity contribution in [2.24, 2.45) is 5.92 Å². The Bertz CT molecular complexity index is 767. The molecule has 6 heteroatoms. The van der Waals surface area contributed by atoms with Gasteiger partial charge in [-0.05, 0) is 44.2 Å². The van der Waals surface area contributed by atoms with E-state index in [-0.39, 0.29) is 11.7 Å². The van der Waals surface area contributed by atoms with E-state index in [9.17, 15) is 9.18 Å². The van der Waals surface area contributed by atoms with E-state index in [0.717, 1.165) is 63.1 Å². The van der Waals surface area contributed by atoms with Crippen LogP contribution in [0, 0.1) is 11.7 Å². The van der Waals surface area contributed by atoms with Gasteiger partial charge >= 0.3 is 0 Å². The molecule has 2 saturated heterocycles. The van der Waals surface area contributed by atoms with Crippen LogP contribution in [0.3, 0.4) is 0 Å². The number of carbonyl (C=O) groups excluding carboxylic acids is 1. The van der Waals surface area contributed by atoms with Crippen LogP contribution in [0.5, 0.6) is 0 Å². The Morgan fingerprint density at radius 2 is 1.80 bits per heavy atom. The molecule has 0 atom stereocenters. The van der Waals surface area contributed by atoms with E-state index in [1.54, 1.807) is 6.07 Å². The number of amides is 1. The van der Waals surface area contributed by atoms with E-state index in [1.165, 1.54) is 18.8 Å². The van der Waals surface area contributed by atoms with Crippen molar-refractivity contribution in [2.45, 2.75) is 32.1 Å². The number of aromatic nitrogens is 2. The fourth-order valence-electron chi connectivity index (χ4n) is 4.00. The third-order valence-corrected chi connectivity index (χ3v) is 5.41. The number of anilines is 1. The van der Waals surface area contributed by atoms with Gasteiger partial charge in [0.15, 0.2) is 0 Å². The molecule has 2 aliphatic rings. The predicted molar refractivity (Wildman–Crippen MR) is 94.9 cm³/mol. The minimum Gasteiger partial charge on any atom is -0.356 e. The zero-order chi connectivity index (χ0) is 17.2. The molecule has 0 bridgehead atoms. The van der Waals surface area contributed by atoms with Crippen LogP contribution in [-0.4, -0.2) is 47.0 Å². The van der Waals surface area contributed by atoms with Gasteiger partial charge in [0, 0.05) is 37.5 Å². The maximum absolute atomic E-state index is 13.9. The highest BCUT2D eigenvalue weighted by Gasteiger charge is 2.30. The van der Waals surface area contributed by atoms with Crippen LogP contribution >= 0.6 is 0 Å². The lowest BCUT2D eigenvalue weighted by Crippen LogP contribution is -2.44. The fraction of sp³-hybridized carbons (Fsp3) is 0.526. The smallest absolute Gasteiger partial charge is 0.225 e. The number of fused-ring (bicyclic) bond motifs is 1. The third-order valence-electron chi connectivity index (χ3n) is 5.41. The lowest BCUT2D eigenvalue weighted by molar-refractivity contribution is -0.137. The number of halogens is 1. The third kappa shape index (κ3) is 3.17. The quantitative estimate of drug-likeness (QED) is 0.842. The Kier molecular flexibility index (Phi) is 4.51. The van der Waals surface area contributed by atoms with Gasteiger partial charge in [0.2, 0.25) is 5.91 Å². The summed E-state index contributed by atoms with van der Waals surface area (Å²) in [6, 6.07) is 4.97. The zero-order valence-electron chi connectivity index (χ0n) is 14.3. The zero-order valence-corrected chi connectivity index (χ0v) is 14.3. The van der Waals surface area contributed by atoms with Crippen molar-refractivity contribution in [2.75, 3.05) is 31.1 Å². The standard InChI is InChI=1S/C19H23FN4O/c20-16-6-4-5-15-17(16)21-13-22-18(15)23-11-7-14(8-12-23)19(25)24-9-2-1-3-10-24/h4-6,13-14H,1-3,7-12H2. The molecule has 1 aromatic carbocycles. The van der Waals surface area contributed by atoms with Gasteiger partial charge in [0.05, 0.1) is 0 Å². The molecule has 1 aromatic heterocycles. The average molecular weight is 342 g/mol. The monoisotopic (exact) mass is 342 g/mol. The summed E-state index contributed by atoms with van der Waals surface area (Å²) in [5.74, 6) is 0.877. The van der Waals surface area contributed by atoms with E-state index in [2.05, 4.69) is 14.9 Å². The van der Waals surface area contributed by atoms with Crippen molar-refractivity contribution in [3.63, 3.8) is 0 Å². The molecule has 2 aliphatic heterocycles. The summed E-state index contributed by atoms with van der Waals surface area (Å²) in [7, 11) is 0. The molecule has 2 aromatic rings. The molecule has 0 spiro atoms. The van der Waals surface area contributed by atoms with Crippen molar-refractivity contribution in [1.29, 1.82) is 0 Å². The number of rotatable bonds is 2. The molecule has 0 saturated carbocycles. The van der Waals surface area contributed by atoms with Crippen molar-refractivity contribution >= 4 is 22.6 Å². The van der Waals surface area contributed by atoms with Crippen molar-refractivity contribution < 1.29 is 9.18 Å². The Morgan fingerprint density at radius 1 is 1.04 bits per heavy atom. The van der Waals surface area contributed by atoms with Crippen LogP contribution in [0.15, 0.2) is 24.5 Å². The van der Waals surface area contributed by atoms with E-state index in [0.29, 0.717) is 11.4 Å². The molecule has 0 aliphatic carbocycles. The van der Waals surface area contributed by atoms with Crippen molar-refractivity contribution in [1.82, 2.24) is 14.9 Å². The maximum Gasteiger partial charge on any atom is 0.225 e. The number of likely N-dealkylation sites (tertiary alicyclic amines) is 1. The molecule has 4 rings (SSSR count). The molecule has 132 valence electrons. The SMILES string of the molecule is O=C(C1CCN(c2ncnc3c(F)cccc23)CC1)N1CCCCC1. The Morgan fingerprint density at radius 3 is 2.56 bits per heavy atom. The molecule has 0 unspecified atom stereocenters. The maximum atomic E-state index is 13.9. The number of hydrogen-bond donors (Lipinski definition) is 0. The first-order chi connectivity index (χ1) is 12.2. The summed E-state index contributed by atoms with van der Waals surface area (Å²) in [5.41, 5.74) is 0.360. The van der Waals surface area contributed by atoms with E-state index in [4.69, 9.17) is 0 Å². The second kappa shape index (κ2) is 6.94. The van der Waals surface area contributed by atoms with Gasteiger partial charge in [0.25, 0.3) is 0 Å². The van der Waals surface area contributed by atoms with Crippen LogP contribution < -0.4 is 4.90 Å². The van der Waals surface area contributed by atoms with Crippen LogP contribution in [-0.2, 0) is 4.79 Å². The second-order valence-corrected chi connectivity index (χ2v) is 6.98. The highest BCUT2D eigenvalue weighted by Crippen LogP contribution is 2.29. The van der Waals surface area contributed by atoms with Gasteiger partial charge in [-0.3, -0.25) is 4.79 Å². The summed E-state index contributed by atoms with van der Waals surface area (Å²) in [6.07, 6.45) is 6.57. The van der Waals surface area contributed by atoms with Gasteiger partial charge in [-0.1, -0.05) is 6.07 Å². The first-order valence-corrected chi connectivity index (χ1v) is 9.17. The highest BCUT2D eigenvalue weighted by molar-refractivity contribution is 5.89. The Hall–Kier alpha value is -2.24. The van der Waals surface area contributed by atoms with Crippen molar-refractivity contribution in [3.05, 3.63) is 30.3 Å². The normalized spacial score (nSPS) is 19.4. The van der Waals surface area contributed by atoms with Crippen LogP contribution in [0.2, 0.25) is 0 Å². The average Bonchev–Trinajstić information content (AvgIpc) is 2.68. The van der Waals surface area contributed by atoms with Gasteiger partial charge in [-0.2, -0.15) is 0 Å². The lowest BCUT2D eigenvalue weighted by Gasteiger charge is -2.36. The summed E-state index contributed by atoms with van der Waals surface area (Å²) < 4.78 is 13.9. The second-order valence-electron chi connectivity index (χ2n) is 6.98. The molecular formula is C19H23FN4O. The number of benzene rings is 1. The Balaban J connectivity index is 1.47. The number of hydrogen-bond acceptors (Lipinski definition) is 4. The van der Waals surface area contributed by atoms with Gasteiger partial charge < -0.3 is 9.80 Å². The molecule has 0 N–H and O–H groups in total. The van der Waals surface area contributed by atoms with Gasteiger partial charge in [-0.25, -0.2) is 14.4 Å². The van der Waals surface area contributed by atoms with Crippen molar-refractivity contribution in [3.8, 4) is 0 Å². The Labute approximate surface area is 146 Å². The summed E-state index contributed by atoms with van der Waals surface area (Å²) in [6.45, 7) is 3.36. The first kappa shape index (κ1) is 16.2. The van der Waals surface area contributed by atoms with E-state index in [1.807, 2.05) is 11.0 Å². The molecule has 2 fully saturated rings. The number of nitrogens with zero attached hydrogens (tertiary/aromatic N) is 4. The first-order valence-electron chi connectivity index (χ1n) is 9.17. The number of carbonyl (C=O) groups is 1.